The maximum Gasteiger partial charge on any atom is 0.387 e. The first-order valence-electron chi connectivity index (χ1n) is 12.6. The summed E-state index contributed by atoms with van der Waals surface area (Å²) in [5, 5.41) is 0. The molecule has 0 spiro atoms. The molecule has 0 radical (unpaired) electrons. The predicted octanol–water partition coefficient (Wildman–Crippen LogP) is 7.29. The van der Waals surface area contributed by atoms with Crippen LogP contribution in [0.5, 0.6) is 11.5 Å². The number of carbonyl (C=O) groups is 1. The molecule has 5 heteroatoms. The molecule has 0 aromatic heterocycles. The van der Waals surface area contributed by atoms with Gasteiger partial charge in [-0.2, -0.15) is 8.78 Å². The Hall–Kier alpha value is -1.91. The number of ketones is 1. The number of allylic oxidation sites excluding steroid dienone is 1. The van der Waals surface area contributed by atoms with Crippen molar-refractivity contribution in [2.45, 2.75) is 78.2 Å². The molecule has 6 atom stereocenters. The van der Waals surface area contributed by atoms with Crippen LogP contribution in [-0.2, 0) is 4.79 Å². The molecule has 0 bridgehead atoms. The summed E-state index contributed by atoms with van der Waals surface area (Å²) in [6.07, 6.45) is 13.0. The summed E-state index contributed by atoms with van der Waals surface area (Å²) in [7, 11) is 1.43. The minimum atomic E-state index is -2.91. The SMILES string of the molecule is COc1cc(C=C2CC3C4CCC5CCCCC5(C)C4CCC3(C)C2=O)ccc1OC(F)F. The zero-order chi connectivity index (χ0) is 23.4. The van der Waals surface area contributed by atoms with Crippen LogP contribution < -0.4 is 9.47 Å². The molecule has 4 saturated carbocycles. The van der Waals surface area contributed by atoms with Crippen molar-refractivity contribution in [1.82, 2.24) is 0 Å². The fourth-order valence-electron chi connectivity index (χ4n) is 8.26. The molecule has 0 aliphatic heterocycles. The van der Waals surface area contributed by atoms with E-state index in [1.165, 1.54) is 58.1 Å². The highest BCUT2D eigenvalue weighted by Crippen LogP contribution is 2.66. The van der Waals surface area contributed by atoms with Gasteiger partial charge in [0.05, 0.1) is 7.11 Å². The Morgan fingerprint density at radius 2 is 1.85 bits per heavy atom. The zero-order valence-electron chi connectivity index (χ0n) is 20.0. The molecule has 0 N–H and O–H groups in total. The van der Waals surface area contributed by atoms with Gasteiger partial charge >= 0.3 is 6.61 Å². The molecule has 0 amide bonds. The molecule has 4 aliphatic rings. The van der Waals surface area contributed by atoms with Crippen molar-refractivity contribution in [3.05, 3.63) is 29.3 Å². The molecular weight excluding hydrogens is 422 g/mol. The second-order valence-electron chi connectivity index (χ2n) is 11.4. The molecule has 0 heterocycles. The molecule has 3 nitrogen and oxygen atoms in total. The Labute approximate surface area is 195 Å². The highest BCUT2D eigenvalue weighted by molar-refractivity contribution is 6.06. The summed E-state index contributed by atoms with van der Waals surface area (Å²) in [4.78, 5) is 13.6. The lowest BCUT2D eigenvalue weighted by molar-refractivity contribution is -0.137. The Balaban J connectivity index is 1.42. The van der Waals surface area contributed by atoms with Crippen molar-refractivity contribution < 1.29 is 23.0 Å². The van der Waals surface area contributed by atoms with E-state index >= 15 is 0 Å². The molecule has 33 heavy (non-hydrogen) atoms. The number of ether oxygens (including phenoxy) is 2. The van der Waals surface area contributed by atoms with E-state index in [1.807, 2.05) is 6.08 Å². The number of benzene rings is 1. The molecular formula is C28H36F2O3. The van der Waals surface area contributed by atoms with Gasteiger partial charge in [-0.05, 0) is 103 Å². The third-order valence-electron chi connectivity index (χ3n) is 9.97. The van der Waals surface area contributed by atoms with Crippen LogP contribution in [-0.4, -0.2) is 19.5 Å². The van der Waals surface area contributed by atoms with E-state index in [1.54, 1.807) is 12.1 Å². The molecule has 5 rings (SSSR count). The lowest BCUT2D eigenvalue weighted by Crippen LogP contribution is -2.52. The van der Waals surface area contributed by atoms with Crippen molar-refractivity contribution in [1.29, 1.82) is 0 Å². The molecule has 180 valence electrons. The first kappa shape index (κ1) is 22.9. The Morgan fingerprint density at radius 1 is 1.03 bits per heavy atom. The Kier molecular flexibility index (Phi) is 5.81. The van der Waals surface area contributed by atoms with Gasteiger partial charge in [-0.15, -0.1) is 0 Å². The number of halogens is 2. The normalized spacial score (nSPS) is 39.2. The van der Waals surface area contributed by atoms with Crippen molar-refractivity contribution in [3.63, 3.8) is 0 Å². The van der Waals surface area contributed by atoms with E-state index < -0.39 is 6.61 Å². The molecule has 1 aromatic rings. The average molecular weight is 459 g/mol. The van der Waals surface area contributed by atoms with Crippen LogP contribution >= 0.6 is 0 Å². The summed E-state index contributed by atoms with van der Waals surface area (Å²) >= 11 is 0. The van der Waals surface area contributed by atoms with Crippen LogP contribution in [0.2, 0.25) is 0 Å². The number of carbonyl (C=O) groups excluding carboxylic acids is 1. The Bertz CT molecular complexity index is 956. The summed E-state index contributed by atoms with van der Waals surface area (Å²) in [6.45, 7) is 1.85. The van der Waals surface area contributed by atoms with Crippen molar-refractivity contribution >= 4 is 11.9 Å². The monoisotopic (exact) mass is 458 g/mol. The number of alkyl halides is 2. The van der Waals surface area contributed by atoms with E-state index in [2.05, 4.69) is 18.6 Å². The number of rotatable bonds is 4. The van der Waals surface area contributed by atoms with Gasteiger partial charge < -0.3 is 9.47 Å². The minimum absolute atomic E-state index is 0.00774. The van der Waals surface area contributed by atoms with Crippen molar-refractivity contribution in [3.8, 4) is 11.5 Å². The van der Waals surface area contributed by atoms with Gasteiger partial charge in [-0.25, -0.2) is 0 Å². The Morgan fingerprint density at radius 3 is 2.61 bits per heavy atom. The first-order valence-corrected chi connectivity index (χ1v) is 12.6. The third-order valence-corrected chi connectivity index (χ3v) is 9.97. The van der Waals surface area contributed by atoms with Gasteiger partial charge in [-0.1, -0.05) is 32.8 Å². The van der Waals surface area contributed by atoms with Gasteiger partial charge in [-0.3, -0.25) is 4.79 Å². The number of methoxy groups -OCH3 is 1. The minimum Gasteiger partial charge on any atom is -0.493 e. The first-order chi connectivity index (χ1) is 15.8. The van der Waals surface area contributed by atoms with E-state index in [0.29, 0.717) is 17.3 Å². The lowest BCUT2D eigenvalue weighted by Gasteiger charge is -2.59. The van der Waals surface area contributed by atoms with E-state index in [-0.39, 0.29) is 22.7 Å². The summed E-state index contributed by atoms with van der Waals surface area (Å²) < 4.78 is 35.1. The van der Waals surface area contributed by atoms with E-state index in [9.17, 15) is 13.6 Å². The summed E-state index contributed by atoms with van der Waals surface area (Å²) in [5.74, 6) is 3.20. The predicted molar refractivity (Wildman–Crippen MR) is 124 cm³/mol. The van der Waals surface area contributed by atoms with Gasteiger partial charge in [0.15, 0.2) is 17.3 Å². The van der Waals surface area contributed by atoms with Gasteiger partial charge in [0, 0.05) is 5.41 Å². The topological polar surface area (TPSA) is 35.5 Å². The number of Topliss-reactive ketones (excluding diaryl/α,β-unsaturated/α-hetero) is 1. The smallest absolute Gasteiger partial charge is 0.387 e. The van der Waals surface area contributed by atoms with Crippen LogP contribution in [0, 0.1) is 34.5 Å². The zero-order valence-corrected chi connectivity index (χ0v) is 20.0. The second-order valence-corrected chi connectivity index (χ2v) is 11.4. The molecule has 4 aliphatic carbocycles. The lowest BCUT2D eigenvalue weighted by atomic mass is 9.45. The number of hydrogen-bond donors (Lipinski definition) is 0. The molecule has 6 unspecified atom stereocenters. The standard InChI is InChI=1S/C28H36F2O3/c1-27-12-5-4-6-19(27)8-9-20-21(27)11-13-28(2)22(20)16-18(25(28)31)14-17-7-10-23(33-26(29)30)24(15-17)32-3/h7,10,14-15,19-22,26H,4-6,8-9,11-13,16H2,1-3H3. The quantitative estimate of drug-likeness (QED) is 0.444. The van der Waals surface area contributed by atoms with E-state index in [4.69, 9.17) is 4.74 Å². The van der Waals surface area contributed by atoms with Gasteiger partial charge in [0.25, 0.3) is 0 Å². The number of hydrogen-bond acceptors (Lipinski definition) is 3. The summed E-state index contributed by atoms with van der Waals surface area (Å²) in [5.41, 5.74) is 1.85. The summed E-state index contributed by atoms with van der Waals surface area (Å²) in [6, 6.07) is 4.90. The maximum absolute atomic E-state index is 13.6. The fourth-order valence-corrected chi connectivity index (χ4v) is 8.26. The third kappa shape index (κ3) is 3.70. The fraction of sp³-hybridized carbons (Fsp3) is 0.679. The number of fused-ring (bicyclic) bond motifs is 5. The van der Waals surface area contributed by atoms with Crippen LogP contribution in [0.4, 0.5) is 8.78 Å². The van der Waals surface area contributed by atoms with Crippen LogP contribution in [0.15, 0.2) is 23.8 Å². The maximum atomic E-state index is 13.6. The van der Waals surface area contributed by atoms with Crippen LogP contribution in [0.1, 0.15) is 77.2 Å². The van der Waals surface area contributed by atoms with Crippen LogP contribution in [0.3, 0.4) is 0 Å². The highest BCUT2D eigenvalue weighted by Gasteiger charge is 2.60. The molecule has 1 aromatic carbocycles. The largest absolute Gasteiger partial charge is 0.493 e. The van der Waals surface area contributed by atoms with Crippen molar-refractivity contribution in [2.75, 3.05) is 7.11 Å². The van der Waals surface area contributed by atoms with Gasteiger partial charge in [0.1, 0.15) is 0 Å². The average Bonchev–Trinajstić information content (AvgIpc) is 3.04. The van der Waals surface area contributed by atoms with Gasteiger partial charge in [0.2, 0.25) is 0 Å². The molecule has 0 saturated heterocycles. The second kappa shape index (κ2) is 8.39. The van der Waals surface area contributed by atoms with Crippen molar-refractivity contribution in [2.24, 2.45) is 34.5 Å². The van der Waals surface area contributed by atoms with Crippen LogP contribution in [0.25, 0.3) is 6.08 Å². The van der Waals surface area contributed by atoms with E-state index in [0.717, 1.165) is 35.8 Å². The highest BCUT2D eigenvalue weighted by atomic mass is 19.3. The molecule has 4 fully saturated rings.